The fraction of sp³-hybridized carbons (Fsp3) is 0.917. The molecule has 1 atom stereocenters. The molecule has 0 aliphatic carbocycles. The molecule has 0 radical (unpaired) electrons. The third-order valence-corrected chi connectivity index (χ3v) is 4.83. The zero-order valence-electron chi connectivity index (χ0n) is 11.2. The summed E-state index contributed by atoms with van der Waals surface area (Å²) in [6.07, 6.45) is 0.943. The Kier molecular flexibility index (Phi) is 4.86. The molecule has 1 rings (SSSR count). The molecule has 0 bridgehead atoms. The molecule has 1 aliphatic heterocycles. The number of aliphatic carboxylic acids is 1. The van der Waals surface area contributed by atoms with Gasteiger partial charge < -0.3 is 10.0 Å². The lowest BCUT2D eigenvalue weighted by Crippen LogP contribution is -2.65. The van der Waals surface area contributed by atoms with E-state index in [1.807, 2.05) is 14.1 Å². The Hall–Kier alpha value is -0.260. The van der Waals surface area contributed by atoms with Crippen LogP contribution in [0.25, 0.3) is 0 Å². The summed E-state index contributed by atoms with van der Waals surface area (Å²) in [5.74, 6) is 0.994. The van der Waals surface area contributed by atoms with Crippen molar-refractivity contribution in [2.75, 3.05) is 38.7 Å². The maximum atomic E-state index is 11.7. The Morgan fingerprint density at radius 1 is 1.47 bits per heavy atom. The Morgan fingerprint density at radius 2 is 2.12 bits per heavy atom. The summed E-state index contributed by atoms with van der Waals surface area (Å²) in [4.78, 5) is 13.7. The van der Waals surface area contributed by atoms with E-state index in [1.165, 1.54) is 0 Å². The molecular weight excluding hydrogens is 236 g/mol. The van der Waals surface area contributed by atoms with Gasteiger partial charge in [-0.05, 0) is 31.7 Å². The zero-order valence-corrected chi connectivity index (χ0v) is 12.1. The normalized spacial score (nSPS) is 28.3. The summed E-state index contributed by atoms with van der Waals surface area (Å²) in [5.41, 5.74) is -0.984. The highest BCUT2D eigenvalue weighted by Crippen LogP contribution is 2.42. The number of rotatable bonds is 5. The minimum Gasteiger partial charge on any atom is -0.480 e. The third-order valence-electron chi connectivity index (χ3n) is 3.70. The van der Waals surface area contributed by atoms with Crippen molar-refractivity contribution >= 4 is 17.7 Å². The van der Waals surface area contributed by atoms with Gasteiger partial charge in [-0.15, -0.1) is 0 Å². The molecule has 17 heavy (non-hydrogen) atoms. The van der Waals surface area contributed by atoms with E-state index >= 15 is 0 Å². The highest BCUT2D eigenvalue weighted by atomic mass is 32.2. The maximum Gasteiger partial charge on any atom is 0.325 e. The second kappa shape index (κ2) is 5.59. The number of carboxylic acids is 1. The van der Waals surface area contributed by atoms with Crippen LogP contribution in [-0.2, 0) is 4.79 Å². The fourth-order valence-electron chi connectivity index (χ4n) is 2.17. The molecule has 1 heterocycles. The predicted octanol–water partition coefficient (Wildman–Crippen LogP) is 1.12. The lowest BCUT2D eigenvalue weighted by molar-refractivity contribution is -0.149. The quantitative estimate of drug-likeness (QED) is 0.776. The SMILES string of the molecule is CN(C)CCNC1(C(=O)O)CSCCC1(C)C. The number of carbonyl (C=O) groups is 1. The molecule has 1 aliphatic rings. The van der Waals surface area contributed by atoms with E-state index in [0.29, 0.717) is 12.3 Å². The van der Waals surface area contributed by atoms with E-state index in [2.05, 4.69) is 24.1 Å². The minimum atomic E-state index is -0.786. The molecule has 0 aromatic carbocycles. The first-order chi connectivity index (χ1) is 7.82. The van der Waals surface area contributed by atoms with E-state index in [1.54, 1.807) is 11.8 Å². The monoisotopic (exact) mass is 260 g/mol. The van der Waals surface area contributed by atoms with Crippen molar-refractivity contribution in [3.05, 3.63) is 0 Å². The van der Waals surface area contributed by atoms with E-state index in [4.69, 9.17) is 0 Å². The molecule has 100 valence electrons. The molecule has 1 saturated heterocycles. The average Bonchev–Trinajstić information content (AvgIpc) is 2.19. The van der Waals surface area contributed by atoms with Crippen molar-refractivity contribution in [1.29, 1.82) is 0 Å². The Bertz CT molecular complexity index is 282. The fourth-order valence-corrected chi connectivity index (χ4v) is 3.89. The summed E-state index contributed by atoms with van der Waals surface area (Å²) in [7, 11) is 3.99. The van der Waals surface area contributed by atoms with Crippen LogP contribution in [-0.4, -0.2) is 60.2 Å². The molecule has 2 N–H and O–H groups in total. The van der Waals surface area contributed by atoms with Gasteiger partial charge in [0.15, 0.2) is 0 Å². The van der Waals surface area contributed by atoms with Crippen LogP contribution in [0.15, 0.2) is 0 Å². The largest absolute Gasteiger partial charge is 0.480 e. The molecule has 0 saturated carbocycles. The van der Waals surface area contributed by atoms with Crippen LogP contribution < -0.4 is 5.32 Å². The molecule has 0 spiro atoms. The van der Waals surface area contributed by atoms with Crippen molar-refractivity contribution in [3.63, 3.8) is 0 Å². The number of nitrogens with one attached hydrogen (secondary N) is 1. The lowest BCUT2D eigenvalue weighted by atomic mass is 9.70. The number of thioether (sulfide) groups is 1. The van der Waals surface area contributed by atoms with Crippen LogP contribution in [0.4, 0.5) is 0 Å². The molecule has 1 unspecified atom stereocenters. The second-order valence-corrected chi connectivity index (χ2v) is 6.73. The van der Waals surface area contributed by atoms with Gasteiger partial charge in [-0.25, -0.2) is 0 Å². The first-order valence-electron chi connectivity index (χ1n) is 6.03. The molecule has 5 heteroatoms. The Labute approximate surface area is 108 Å². The van der Waals surface area contributed by atoms with Crippen molar-refractivity contribution in [2.45, 2.75) is 25.8 Å². The summed E-state index contributed by atoms with van der Waals surface area (Å²) in [6, 6.07) is 0. The van der Waals surface area contributed by atoms with Crippen molar-refractivity contribution in [2.24, 2.45) is 5.41 Å². The average molecular weight is 260 g/mol. The number of hydrogen-bond donors (Lipinski definition) is 2. The van der Waals surface area contributed by atoms with Gasteiger partial charge >= 0.3 is 5.97 Å². The maximum absolute atomic E-state index is 11.7. The number of carboxylic acid groups (broad SMARTS) is 1. The van der Waals surface area contributed by atoms with Gasteiger partial charge in [0.1, 0.15) is 5.54 Å². The van der Waals surface area contributed by atoms with Crippen molar-refractivity contribution in [1.82, 2.24) is 10.2 Å². The highest BCUT2D eigenvalue weighted by molar-refractivity contribution is 7.99. The second-order valence-electron chi connectivity index (χ2n) is 5.63. The van der Waals surface area contributed by atoms with E-state index in [0.717, 1.165) is 18.7 Å². The van der Waals surface area contributed by atoms with Crippen LogP contribution in [0.5, 0.6) is 0 Å². The summed E-state index contributed by atoms with van der Waals surface area (Å²) < 4.78 is 0. The van der Waals surface area contributed by atoms with Crippen molar-refractivity contribution in [3.8, 4) is 0 Å². The third kappa shape index (κ3) is 3.14. The Morgan fingerprint density at radius 3 is 2.59 bits per heavy atom. The lowest BCUT2D eigenvalue weighted by Gasteiger charge is -2.47. The molecular formula is C12H24N2O2S. The van der Waals surface area contributed by atoms with Gasteiger partial charge in [0.2, 0.25) is 0 Å². The van der Waals surface area contributed by atoms with E-state index < -0.39 is 11.5 Å². The number of hydrogen-bond acceptors (Lipinski definition) is 4. The molecule has 1 fully saturated rings. The summed E-state index contributed by atoms with van der Waals surface area (Å²) in [5, 5.41) is 12.9. The van der Waals surface area contributed by atoms with Crippen LogP contribution in [0.1, 0.15) is 20.3 Å². The summed E-state index contributed by atoms with van der Waals surface area (Å²) in [6.45, 7) is 5.69. The topological polar surface area (TPSA) is 52.6 Å². The number of nitrogens with zero attached hydrogens (tertiary/aromatic N) is 1. The van der Waals surface area contributed by atoms with Gasteiger partial charge in [0.05, 0.1) is 0 Å². The van der Waals surface area contributed by atoms with Crippen LogP contribution >= 0.6 is 11.8 Å². The van der Waals surface area contributed by atoms with Crippen LogP contribution in [0.2, 0.25) is 0 Å². The predicted molar refractivity (Wildman–Crippen MR) is 72.6 cm³/mol. The van der Waals surface area contributed by atoms with Gasteiger partial charge in [-0.2, -0.15) is 11.8 Å². The summed E-state index contributed by atoms with van der Waals surface area (Å²) >= 11 is 1.73. The van der Waals surface area contributed by atoms with Gasteiger partial charge in [-0.3, -0.25) is 10.1 Å². The molecule has 0 aromatic rings. The van der Waals surface area contributed by atoms with Gasteiger partial charge in [0, 0.05) is 18.8 Å². The molecule has 0 aromatic heterocycles. The van der Waals surface area contributed by atoms with Gasteiger partial charge in [-0.1, -0.05) is 13.8 Å². The highest BCUT2D eigenvalue weighted by Gasteiger charge is 2.52. The first kappa shape index (κ1) is 14.8. The minimum absolute atomic E-state index is 0.198. The van der Waals surface area contributed by atoms with Crippen molar-refractivity contribution < 1.29 is 9.90 Å². The smallest absolute Gasteiger partial charge is 0.325 e. The standard InChI is InChI=1S/C12H24N2O2S/c1-11(2)5-8-17-9-12(11,10(15)16)13-6-7-14(3)4/h13H,5-9H2,1-4H3,(H,15,16). The molecule has 4 nitrogen and oxygen atoms in total. The van der Waals surface area contributed by atoms with Crippen LogP contribution in [0.3, 0.4) is 0 Å². The number of likely N-dealkylation sites (N-methyl/N-ethyl adjacent to an activating group) is 1. The van der Waals surface area contributed by atoms with E-state index in [-0.39, 0.29) is 5.41 Å². The first-order valence-corrected chi connectivity index (χ1v) is 7.18. The molecule has 0 amide bonds. The van der Waals surface area contributed by atoms with Gasteiger partial charge in [0.25, 0.3) is 0 Å². The Balaban J connectivity index is 2.77. The zero-order chi connectivity index (χ0) is 13.1. The van der Waals surface area contributed by atoms with E-state index in [9.17, 15) is 9.90 Å². The van der Waals surface area contributed by atoms with Crippen LogP contribution in [0, 0.1) is 5.41 Å².